The number of hydrogen-bond donors (Lipinski definition) is 0. The zero-order valence-corrected chi connectivity index (χ0v) is 36.7. The topological polar surface area (TPSA) is 56.7 Å². The van der Waals surface area contributed by atoms with E-state index in [2.05, 4.69) is 108 Å². The van der Waals surface area contributed by atoms with Crippen molar-refractivity contribution in [2.24, 2.45) is 0 Å². The number of rotatable bonds is 5. The molecule has 5 heterocycles. The van der Waals surface area contributed by atoms with Gasteiger partial charge in [0, 0.05) is 48.3 Å². The summed E-state index contributed by atoms with van der Waals surface area (Å²) in [5.41, 5.74) is 9.37. The van der Waals surface area contributed by atoms with Crippen LogP contribution >= 0.6 is 11.3 Å². The van der Waals surface area contributed by atoms with Crippen molar-refractivity contribution in [3.8, 4) is 28.3 Å². The molecule has 0 fully saturated rings. The Balaban J connectivity index is 0.000000181. The monoisotopic (exact) mass is 959 g/mol. The van der Waals surface area contributed by atoms with E-state index in [1.165, 1.54) is 16.6 Å². The van der Waals surface area contributed by atoms with Gasteiger partial charge < -0.3 is 14.0 Å². The number of furan rings is 1. The van der Waals surface area contributed by atoms with Gasteiger partial charge in [-0.1, -0.05) is 111 Å². The summed E-state index contributed by atoms with van der Waals surface area (Å²) >= 11 is 1.70. The number of aromatic nitrogens is 4. The van der Waals surface area contributed by atoms with Crippen molar-refractivity contribution in [3.63, 3.8) is 0 Å². The molecule has 5 nitrogen and oxygen atoms in total. The summed E-state index contributed by atoms with van der Waals surface area (Å²) in [6, 6.07) is 44.5. The maximum atomic E-state index is 8.48. The molecule has 0 aliphatic rings. The molecule has 8 heteroatoms. The Kier molecular flexibility index (Phi) is 9.06. The summed E-state index contributed by atoms with van der Waals surface area (Å²) in [6.07, 6.45) is 1.89. The average molecular weight is 959 g/mol. The minimum absolute atomic E-state index is 0. The van der Waals surface area contributed by atoms with E-state index in [0.29, 0.717) is 0 Å². The van der Waals surface area contributed by atoms with Crippen LogP contribution in [0, 0.1) is 25.9 Å². The van der Waals surface area contributed by atoms with Crippen LogP contribution < -0.4 is 5.19 Å². The number of nitrogens with zero attached hydrogens (tertiary/aromatic N) is 4. The molecular weight excluding hydrogens is 913 g/mol. The van der Waals surface area contributed by atoms with Gasteiger partial charge in [0.05, 0.1) is 30.6 Å². The first-order valence-corrected chi connectivity index (χ1v) is 23.0. The van der Waals surface area contributed by atoms with Crippen molar-refractivity contribution in [2.75, 3.05) is 0 Å². The van der Waals surface area contributed by atoms with E-state index in [9.17, 15) is 0 Å². The predicted molar refractivity (Wildman–Crippen MR) is 238 cm³/mol. The van der Waals surface area contributed by atoms with Crippen LogP contribution in [-0.2, 0) is 20.1 Å². The molecule has 0 saturated carbocycles. The maximum Gasteiger partial charge on any atom is 0.158 e. The van der Waals surface area contributed by atoms with Crippen molar-refractivity contribution >= 4 is 77.9 Å². The second-order valence-corrected chi connectivity index (χ2v) is 21.4. The molecule has 0 aliphatic carbocycles. The van der Waals surface area contributed by atoms with E-state index in [1.54, 1.807) is 23.5 Å². The smallest absolute Gasteiger partial charge is 0.158 e. The number of thiophene rings is 1. The summed E-state index contributed by atoms with van der Waals surface area (Å²) in [7, 11) is -1.61. The number of hydrogen-bond acceptors (Lipinski definition) is 5. The summed E-state index contributed by atoms with van der Waals surface area (Å²) in [4.78, 5) is 15.5. The Morgan fingerprint density at radius 2 is 1.65 bits per heavy atom. The van der Waals surface area contributed by atoms with Crippen molar-refractivity contribution < 1.29 is 30.0 Å². The van der Waals surface area contributed by atoms with Crippen LogP contribution in [0.5, 0.6) is 0 Å². The van der Waals surface area contributed by atoms with Crippen LogP contribution in [-0.4, -0.2) is 27.6 Å². The fraction of sp³-hybridized carbons (Fsp3) is 0.163. The van der Waals surface area contributed by atoms with E-state index < -0.39 is 20.8 Å². The van der Waals surface area contributed by atoms with Gasteiger partial charge in [0.1, 0.15) is 10.4 Å². The molecule has 10 rings (SSSR count). The summed E-state index contributed by atoms with van der Waals surface area (Å²) in [5.74, 6) is 0.129. The molecule has 5 aromatic heterocycles. The van der Waals surface area contributed by atoms with E-state index in [0.717, 1.165) is 87.5 Å². The number of para-hydroxylation sites is 4. The summed E-state index contributed by atoms with van der Waals surface area (Å²) < 4.78 is 40.6. The summed E-state index contributed by atoms with van der Waals surface area (Å²) in [5, 5.41) is 5.73. The molecule has 285 valence electrons. The van der Waals surface area contributed by atoms with Gasteiger partial charge in [0.2, 0.25) is 0 Å². The molecule has 5 aromatic carbocycles. The number of aryl methyl sites for hydroxylation is 2. The van der Waals surface area contributed by atoms with E-state index in [-0.39, 0.29) is 25.7 Å². The minimum atomic E-state index is -2.13. The second kappa shape index (κ2) is 15.3. The standard InChI is InChI=1S/C31H18N3OS.C18H24NSi.Ir/c1-18-16-17-22-21-10-6-11-23(29(21)36-31(22)32-18)30-33-24-12-3-4-13-25(24)34(30)26-14-7-9-20-19-8-2-5-15-27(19)35-28(20)26;1-13(2)16-11-17(15-9-7-14(3)8-10-15)19-12-18(16)20(4,5)6;/h2-10,12-17H,1H3;7-9,11-13H,1-6H3;/q2*-1;/i;3D3,13D;. The van der Waals surface area contributed by atoms with E-state index in [1.807, 2.05) is 57.3 Å². The van der Waals surface area contributed by atoms with Crippen LogP contribution in [0.3, 0.4) is 0 Å². The van der Waals surface area contributed by atoms with Gasteiger partial charge in [-0.05, 0) is 64.1 Å². The quantitative estimate of drug-likeness (QED) is 0.127. The maximum absolute atomic E-state index is 8.48. The number of imidazole rings is 1. The first-order chi connectivity index (χ1) is 28.6. The Bertz CT molecular complexity index is 3250. The molecule has 57 heavy (non-hydrogen) atoms. The number of pyridine rings is 2. The molecule has 0 saturated heterocycles. The largest absolute Gasteiger partial charge is 0.454 e. The summed E-state index contributed by atoms with van der Waals surface area (Å²) in [6.45, 7) is 10.4. The molecule has 0 bridgehead atoms. The fourth-order valence-electron chi connectivity index (χ4n) is 7.42. The third-order valence-electron chi connectivity index (χ3n) is 10.2. The van der Waals surface area contributed by atoms with Crippen molar-refractivity contribution in [1.82, 2.24) is 19.5 Å². The van der Waals surface area contributed by atoms with Crippen molar-refractivity contribution in [3.05, 3.63) is 150 Å². The second-order valence-electron chi connectivity index (χ2n) is 15.4. The predicted octanol–water partition coefficient (Wildman–Crippen LogP) is 13.0. The van der Waals surface area contributed by atoms with Crippen LogP contribution in [0.1, 0.15) is 42.0 Å². The Labute approximate surface area is 357 Å². The first-order valence-electron chi connectivity index (χ1n) is 20.7. The van der Waals surface area contributed by atoms with Crippen LogP contribution in [0.4, 0.5) is 0 Å². The minimum Gasteiger partial charge on any atom is -0.454 e. The van der Waals surface area contributed by atoms with Gasteiger partial charge in [-0.2, -0.15) is 11.3 Å². The van der Waals surface area contributed by atoms with Crippen molar-refractivity contribution in [1.29, 1.82) is 0 Å². The Morgan fingerprint density at radius 1 is 0.842 bits per heavy atom. The van der Waals surface area contributed by atoms with Gasteiger partial charge in [-0.3, -0.25) is 4.98 Å². The molecule has 1 radical (unpaired) electrons. The van der Waals surface area contributed by atoms with Gasteiger partial charge in [-0.25, -0.2) is 4.98 Å². The van der Waals surface area contributed by atoms with Gasteiger partial charge in [0.25, 0.3) is 0 Å². The fourth-order valence-corrected chi connectivity index (χ4v) is 10.2. The van der Waals surface area contributed by atoms with Crippen molar-refractivity contribution in [2.45, 2.75) is 53.2 Å². The molecule has 0 aliphatic heterocycles. The van der Waals surface area contributed by atoms with E-state index >= 15 is 0 Å². The third-order valence-corrected chi connectivity index (χ3v) is 13.3. The number of fused-ring (bicyclic) bond motifs is 7. The zero-order valence-electron chi connectivity index (χ0n) is 36.5. The van der Waals surface area contributed by atoms with Gasteiger partial charge in [-0.15, -0.1) is 53.6 Å². The molecule has 0 atom stereocenters. The Hall–Kier alpha value is -5.24. The van der Waals surface area contributed by atoms with Gasteiger partial charge >= 0.3 is 0 Å². The van der Waals surface area contributed by atoms with Crippen LogP contribution in [0.25, 0.3) is 81.6 Å². The molecule has 0 unspecified atom stereocenters. The normalized spacial score (nSPS) is 13.2. The van der Waals surface area contributed by atoms with E-state index in [4.69, 9.17) is 19.9 Å². The van der Waals surface area contributed by atoms with Gasteiger partial charge in [0.15, 0.2) is 5.58 Å². The zero-order chi connectivity index (χ0) is 42.1. The molecule has 0 amide bonds. The average Bonchev–Trinajstić information content (AvgIpc) is 3.91. The first kappa shape index (κ1) is 33.9. The Morgan fingerprint density at radius 3 is 2.44 bits per heavy atom. The molecule has 0 N–H and O–H groups in total. The molecule has 10 aromatic rings. The number of benzene rings is 5. The SMILES string of the molecule is Cc1ccc2c(n1)sc1c(-c3nc4ccccc4n3-c3cccc4c3oc3ccccc34)[c-]ccc12.[2H]C([2H])([2H])c1c[c-]c(-c2cc(C([2H])(C)C)c([Si](C)(C)C)cn2)cc1.[Ir]. The molecule has 0 spiro atoms. The molecular formula is C49H42IrN4OSSi-2. The van der Waals surface area contributed by atoms with Crippen LogP contribution in [0.2, 0.25) is 19.6 Å². The van der Waals surface area contributed by atoms with Crippen LogP contribution in [0.15, 0.2) is 126 Å². The third kappa shape index (κ3) is 7.06.